The van der Waals surface area contributed by atoms with Crippen LogP contribution in [0.1, 0.15) is 38.6 Å². The molecule has 1 N–H and O–H groups in total. The van der Waals surface area contributed by atoms with Crippen molar-refractivity contribution in [1.29, 1.82) is 0 Å². The molecular weight excluding hydrogens is 442 g/mol. The van der Waals surface area contributed by atoms with Crippen LogP contribution in [0.3, 0.4) is 0 Å². The summed E-state index contributed by atoms with van der Waals surface area (Å²) < 4.78 is 8.75. The fraction of sp³-hybridized carbons (Fsp3) is 0.450. The first-order valence-electron chi connectivity index (χ1n) is 9.02. The smallest absolute Gasteiger partial charge is 0.313 e. The van der Waals surface area contributed by atoms with Gasteiger partial charge in [-0.2, -0.15) is 0 Å². The number of rotatable bonds is 10. The summed E-state index contributed by atoms with van der Waals surface area (Å²) in [5.41, 5.74) is 1.34. The molecule has 0 saturated carbocycles. The van der Waals surface area contributed by atoms with Crippen LogP contribution in [0.5, 0.6) is 5.75 Å². The lowest BCUT2D eigenvalue weighted by molar-refractivity contribution is -0.133. The average Bonchev–Trinajstić information content (AvgIpc) is 2.99. The average molecular weight is 468 g/mol. The van der Waals surface area contributed by atoms with Crippen LogP contribution in [0, 0.1) is 0 Å². The third-order valence-corrected chi connectivity index (χ3v) is 5.60. The second-order valence-electron chi connectivity index (χ2n) is 7.33. The number of carbonyl (C=O) groups is 1. The van der Waals surface area contributed by atoms with Crippen molar-refractivity contribution in [3.63, 3.8) is 0 Å². The lowest BCUT2D eigenvalue weighted by Crippen LogP contribution is -2.11. The van der Waals surface area contributed by atoms with E-state index in [-0.39, 0.29) is 11.2 Å². The van der Waals surface area contributed by atoms with E-state index in [0.717, 1.165) is 34.2 Å². The molecule has 0 spiro atoms. The molecule has 1 heterocycles. The SMILES string of the molecule is C=CCn1c(CCCOc2ccc(C(C)(C)C)cc2Br)nnc1SCC(=O)O. The highest BCUT2D eigenvalue weighted by molar-refractivity contribution is 9.10. The first-order chi connectivity index (χ1) is 13.2. The van der Waals surface area contributed by atoms with Crippen LogP contribution >= 0.6 is 27.7 Å². The molecule has 0 aliphatic carbocycles. The Balaban J connectivity index is 1.93. The van der Waals surface area contributed by atoms with Gasteiger partial charge < -0.3 is 14.4 Å². The van der Waals surface area contributed by atoms with Crippen LogP contribution in [0.25, 0.3) is 0 Å². The summed E-state index contributed by atoms with van der Waals surface area (Å²) in [4.78, 5) is 10.8. The number of ether oxygens (including phenoxy) is 1. The van der Waals surface area contributed by atoms with Crippen LogP contribution < -0.4 is 4.74 Å². The number of carboxylic acids is 1. The largest absolute Gasteiger partial charge is 0.492 e. The molecule has 28 heavy (non-hydrogen) atoms. The molecule has 0 aliphatic rings. The van der Waals surface area contributed by atoms with Gasteiger partial charge in [0.1, 0.15) is 11.6 Å². The van der Waals surface area contributed by atoms with E-state index in [2.05, 4.69) is 65.6 Å². The molecule has 2 aromatic rings. The second kappa shape index (κ2) is 10.1. The minimum absolute atomic E-state index is 0.0447. The molecule has 1 aromatic carbocycles. The number of nitrogens with zero attached hydrogens (tertiary/aromatic N) is 3. The van der Waals surface area contributed by atoms with Crippen LogP contribution in [-0.4, -0.2) is 38.2 Å². The predicted octanol–water partition coefficient (Wildman–Crippen LogP) is 4.71. The van der Waals surface area contributed by atoms with Crippen molar-refractivity contribution in [1.82, 2.24) is 14.8 Å². The number of thioether (sulfide) groups is 1. The van der Waals surface area contributed by atoms with Gasteiger partial charge in [-0.1, -0.05) is 44.7 Å². The highest BCUT2D eigenvalue weighted by Gasteiger charge is 2.16. The Morgan fingerprint density at radius 1 is 1.39 bits per heavy atom. The molecule has 0 fully saturated rings. The summed E-state index contributed by atoms with van der Waals surface area (Å²) in [6.45, 7) is 11.4. The predicted molar refractivity (Wildman–Crippen MR) is 115 cm³/mol. The molecule has 0 bridgehead atoms. The summed E-state index contributed by atoms with van der Waals surface area (Å²) in [5.74, 6) is 0.699. The van der Waals surface area contributed by atoms with E-state index in [1.165, 1.54) is 5.56 Å². The number of hydrogen-bond acceptors (Lipinski definition) is 5. The van der Waals surface area contributed by atoms with Gasteiger partial charge >= 0.3 is 5.97 Å². The first kappa shape index (κ1) is 22.5. The molecule has 0 atom stereocenters. The summed E-state index contributed by atoms with van der Waals surface area (Å²) in [7, 11) is 0. The van der Waals surface area contributed by atoms with Gasteiger partial charge in [0.2, 0.25) is 0 Å². The Kier molecular flexibility index (Phi) is 8.12. The number of carboxylic acid groups (broad SMARTS) is 1. The Bertz CT molecular complexity index is 831. The van der Waals surface area contributed by atoms with Gasteiger partial charge in [0.25, 0.3) is 0 Å². The second-order valence-corrected chi connectivity index (χ2v) is 9.12. The normalized spacial score (nSPS) is 11.4. The quantitative estimate of drug-likeness (QED) is 0.309. The van der Waals surface area contributed by atoms with Gasteiger partial charge in [-0.3, -0.25) is 4.79 Å². The van der Waals surface area contributed by atoms with E-state index in [4.69, 9.17) is 9.84 Å². The van der Waals surface area contributed by atoms with E-state index >= 15 is 0 Å². The highest BCUT2D eigenvalue weighted by atomic mass is 79.9. The van der Waals surface area contributed by atoms with E-state index in [0.29, 0.717) is 24.7 Å². The molecule has 0 radical (unpaired) electrons. The Labute approximate surface area is 178 Å². The van der Waals surface area contributed by atoms with Crippen molar-refractivity contribution >= 4 is 33.7 Å². The van der Waals surface area contributed by atoms with Crippen molar-refractivity contribution in [2.75, 3.05) is 12.4 Å². The van der Waals surface area contributed by atoms with Gasteiger partial charge in [0.05, 0.1) is 16.8 Å². The number of halogens is 1. The van der Waals surface area contributed by atoms with Gasteiger partial charge in [0.15, 0.2) is 5.16 Å². The number of aromatic nitrogens is 3. The molecule has 2 rings (SSSR count). The van der Waals surface area contributed by atoms with Crippen molar-refractivity contribution in [3.8, 4) is 5.75 Å². The standard InChI is InChI=1S/C20H26BrN3O3S/c1-5-10-24-17(22-23-19(24)28-13-18(25)26)7-6-11-27-16-9-8-14(12-15(16)21)20(2,3)4/h5,8-9,12H,1,6-7,10-11,13H2,2-4H3,(H,25,26). The summed E-state index contributed by atoms with van der Waals surface area (Å²) >= 11 is 4.75. The minimum Gasteiger partial charge on any atom is -0.492 e. The number of allylic oxidation sites excluding steroid dienone is 1. The Hall–Kier alpha value is -1.80. The van der Waals surface area contributed by atoms with Gasteiger partial charge in [0, 0.05) is 13.0 Å². The van der Waals surface area contributed by atoms with Crippen LogP contribution in [-0.2, 0) is 23.2 Å². The topological polar surface area (TPSA) is 77.2 Å². The Morgan fingerprint density at radius 3 is 2.75 bits per heavy atom. The molecule has 0 amide bonds. The maximum Gasteiger partial charge on any atom is 0.313 e. The zero-order chi connectivity index (χ0) is 20.7. The van der Waals surface area contributed by atoms with Crippen LogP contribution in [0.2, 0.25) is 0 Å². The zero-order valence-corrected chi connectivity index (χ0v) is 18.8. The summed E-state index contributed by atoms with van der Waals surface area (Å²) in [5, 5.41) is 17.8. The highest BCUT2D eigenvalue weighted by Crippen LogP contribution is 2.31. The number of benzene rings is 1. The van der Waals surface area contributed by atoms with E-state index in [9.17, 15) is 4.79 Å². The number of hydrogen-bond donors (Lipinski definition) is 1. The molecule has 0 saturated heterocycles. The first-order valence-corrected chi connectivity index (χ1v) is 10.8. The molecular formula is C20H26BrN3O3S. The maximum atomic E-state index is 10.8. The number of aliphatic carboxylic acids is 1. The van der Waals surface area contributed by atoms with E-state index < -0.39 is 5.97 Å². The van der Waals surface area contributed by atoms with Crippen molar-refractivity contribution in [3.05, 3.63) is 46.7 Å². The monoisotopic (exact) mass is 467 g/mol. The van der Waals surface area contributed by atoms with Crippen molar-refractivity contribution < 1.29 is 14.6 Å². The molecule has 6 nitrogen and oxygen atoms in total. The molecule has 0 aliphatic heterocycles. The minimum atomic E-state index is -0.879. The van der Waals surface area contributed by atoms with Gasteiger partial charge in [-0.25, -0.2) is 0 Å². The Morgan fingerprint density at radius 2 is 2.14 bits per heavy atom. The van der Waals surface area contributed by atoms with Crippen molar-refractivity contribution in [2.24, 2.45) is 0 Å². The van der Waals surface area contributed by atoms with Crippen LogP contribution in [0.15, 0.2) is 40.5 Å². The fourth-order valence-electron chi connectivity index (χ4n) is 2.55. The molecule has 8 heteroatoms. The van der Waals surface area contributed by atoms with Gasteiger partial charge in [-0.05, 0) is 45.5 Å². The lowest BCUT2D eigenvalue weighted by atomic mass is 9.87. The molecule has 152 valence electrons. The zero-order valence-electron chi connectivity index (χ0n) is 16.4. The van der Waals surface area contributed by atoms with Crippen molar-refractivity contribution in [2.45, 2.75) is 50.7 Å². The van der Waals surface area contributed by atoms with Gasteiger partial charge in [-0.15, -0.1) is 16.8 Å². The van der Waals surface area contributed by atoms with Crippen LogP contribution in [0.4, 0.5) is 0 Å². The fourth-order valence-corrected chi connectivity index (χ4v) is 3.73. The van der Waals surface area contributed by atoms with E-state index in [1.54, 1.807) is 6.08 Å². The van der Waals surface area contributed by atoms with E-state index in [1.807, 2.05) is 10.6 Å². The molecule has 1 aromatic heterocycles. The third-order valence-electron chi connectivity index (χ3n) is 4.03. The lowest BCUT2D eigenvalue weighted by Gasteiger charge is -2.20. The number of aryl methyl sites for hydroxylation is 1. The third kappa shape index (κ3) is 6.38. The molecule has 0 unspecified atom stereocenters. The summed E-state index contributed by atoms with van der Waals surface area (Å²) in [6.07, 6.45) is 3.21. The summed E-state index contributed by atoms with van der Waals surface area (Å²) in [6, 6.07) is 6.18. The maximum absolute atomic E-state index is 10.8.